The van der Waals surface area contributed by atoms with Crippen LogP contribution in [0.25, 0.3) is 0 Å². The maximum Gasteiger partial charge on any atom is 0.120 e. The Balaban J connectivity index is 2.76. The summed E-state index contributed by atoms with van der Waals surface area (Å²) in [5.41, 5.74) is 0.301. The lowest BCUT2D eigenvalue weighted by Gasteiger charge is -2.38. The molecule has 1 aliphatic rings. The van der Waals surface area contributed by atoms with Crippen molar-refractivity contribution in [1.29, 1.82) is 0 Å². The molecule has 0 saturated carbocycles. The van der Waals surface area contributed by atoms with E-state index in [1.54, 1.807) is 0 Å². The van der Waals surface area contributed by atoms with E-state index in [1.165, 1.54) is 0 Å². The van der Waals surface area contributed by atoms with Crippen LogP contribution in [0.4, 0.5) is 0 Å². The number of carbonyl (C=O) groups excluding carboxylic acids is 1. The van der Waals surface area contributed by atoms with E-state index in [-0.39, 0.29) is 0 Å². The van der Waals surface area contributed by atoms with Gasteiger partial charge in [-0.3, -0.25) is 0 Å². The first kappa shape index (κ1) is 9.50. The van der Waals surface area contributed by atoms with Gasteiger partial charge in [-0.2, -0.15) is 0 Å². The summed E-state index contributed by atoms with van der Waals surface area (Å²) in [4.78, 5) is 10.5. The average molecular weight is 166 g/mol. The summed E-state index contributed by atoms with van der Waals surface area (Å²) >= 11 is 0. The van der Waals surface area contributed by atoms with Gasteiger partial charge in [0.15, 0.2) is 0 Å². The fourth-order valence-electron chi connectivity index (χ4n) is 2.22. The maximum absolute atomic E-state index is 10.5. The highest BCUT2D eigenvalue weighted by atomic mass is 16.1. The molecule has 0 heterocycles. The van der Waals surface area contributed by atoms with Gasteiger partial charge in [-0.25, -0.2) is 0 Å². The Kier molecular flexibility index (Phi) is 2.71. The molecule has 0 fully saturated rings. The molecule has 0 aromatic heterocycles. The first-order valence-electron chi connectivity index (χ1n) is 4.68. The predicted molar refractivity (Wildman–Crippen MR) is 50.9 cm³/mol. The molecule has 1 aliphatic carbocycles. The molecule has 0 amide bonds. The number of hydrogen-bond donors (Lipinski definition) is 0. The van der Waals surface area contributed by atoms with E-state index in [0.29, 0.717) is 23.7 Å². The largest absolute Gasteiger partial charge is 0.303 e. The lowest BCUT2D eigenvalue weighted by Crippen LogP contribution is -2.31. The van der Waals surface area contributed by atoms with E-state index in [0.717, 1.165) is 12.7 Å². The Morgan fingerprint density at radius 1 is 1.58 bits per heavy atom. The normalized spacial score (nSPS) is 33.2. The summed E-state index contributed by atoms with van der Waals surface area (Å²) in [6, 6.07) is 0. The van der Waals surface area contributed by atoms with Crippen molar-refractivity contribution in [2.45, 2.75) is 33.6 Å². The van der Waals surface area contributed by atoms with Crippen molar-refractivity contribution in [3.8, 4) is 0 Å². The number of aldehydes is 1. The van der Waals surface area contributed by atoms with Crippen molar-refractivity contribution in [3.05, 3.63) is 12.2 Å². The molecular formula is C11H18O. The molecule has 12 heavy (non-hydrogen) atoms. The summed E-state index contributed by atoms with van der Waals surface area (Å²) < 4.78 is 0. The first-order valence-corrected chi connectivity index (χ1v) is 4.68. The van der Waals surface area contributed by atoms with E-state index in [9.17, 15) is 4.79 Å². The van der Waals surface area contributed by atoms with Crippen LogP contribution in [0.3, 0.4) is 0 Å². The minimum atomic E-state index is 0.301. The molecule has 1 heteroatoms. The minimum absolute atomic E-state index is 0.301. The fourth-order valence-corrected chi connectivity index (χ4v) is 2.22. The molecular weight excluding hydrogens is 148 g/mol. The molecule has 0 aromatic rings. The van der Waals surface area contributed by atoms with E-state index in [2.05, 4.69) is 32.9 Å². The van der Waals surface area contributed by atoms with Gasteiger partial charge in [0.25, 0.3) is 0 Å². The van der Waals surface area contributed by atoms with Crippen LogP contribution in [0.2, 0.25) is 0 Å². The summed E-state index contributed by atoms with van der Waals surface area (Å²) in [6.07, 6.45) is 7.35. The zero-order valence-corrected chi connectivity index (χ0v) is 8.21. The smallest absolute Gasteiger partial charge is 0.120 e. The molecule has 1 nitrogen and oxygen atoms in total. The second-order valence-corrected chi connectivity index (χ2v) is 4.49. The van der Waals surface area contributed by atoms with Gasteiger partial charge < -0.3 is 4.79 Å². The van der Waals surface area contributed by atoms with Gasteiger partial charge in [0.1, 0.15) is 6.29 Å². The molecule has 0 radical (unpaired) electrons. The Morgan fingerprint density at radius 3 is 2.75 bits per heavy atom. The number of carbonyl (C=O) groups is 1. The van der Waals surface area contributed by atoms with E-state index < -0.39 is 0 Å². The monoisotopic (exact) mass is 166 g/mol. The van der Waals surface area contributed by atoms with Gasteiger partial charge in [-0.1, -0.05) is 32.9 Å². The molecule has 0 aromatic carbocycles. The number of allylic oxidation sites excluding steroid dienone is 2. The summed E-state index contributed by atoms with van der Waals surface area (Å²) in [7, 11) is 0. The maximum atomic E-state index is 10.5. The summed E-state index contributed by atoms with van der Waals surface area (Å²) in [6.45, 7) is 6.70. The second-order valence-electron chi connectivity index (χ2n) is 4.49. The highest BCUT2D eigenvalue weighted by molar-refractivity contribution is 5.50. The van der Waals surface area contributed by atoms with Crippen molar-refractivity contribution in [1.82, 2.24) is 0 Å². The molecule has 0 spiro atoms. The predicted octanol–water partition coefficient (Wildman–Crippen LogP) is 2.81. The zero-order chi connectivity index (χ0) is 9.19. The minimum Gasteiger partial charge on any atom is -0.303 e. The Morgan fingerprint density at radius 2 is 2.25 bits per heavy atom. The van der Waals surface area contributed by atoms with Crippen molar-refractivity contribution in [3.63, 3.8) is 0 Å². The van der Waals surface area contributed by atoms with Crippen LogP contribution in [-0.2, 0) is 4.79 Å². The fraction of sp³-hybridized carbons (Fsp3) is 0.727. The molecule has 0 saturated heterocycles. The molecule has 0 N–H and O–H groups in total. The van der Waals surface area contributed by atoms with Gasteiger partial charge >= 0.3 is 0 Å². The number of hydrogen-bond acceptors (Lipinski definition) is 1. The van der Waals surface area contributed by atoms with Crippen molar-refractivity contribution < 1.29 is 4.79 Å². The quantitative estimate of drug-likeness (QED) is 0.455. The van der Waals surface area contributed by atoms with Crippen molar-refractivity contribution in [2.24, 2.45) is 17.3 Å². The van der Waals surface area contributed by atoms with Crippen molar-refractivity contribution in [2.75, 3.05) is 0 Å². The molecule has 0 aliphatic heterocycles. The topological polar surface area (TPSA) is 17.1 Å². The van der Waals surface area contributed by atoms with Crippen LogP contribution in [0.15, 0.2) is 12.2 Å². The van der Waals surface area contributed by atoms with E-state index in [4.69, 9.17) is 0 Å². The van der Waals surface area contributed by atoms with Crippen LogP contribution >= 0.6 is 0 Å². The van der Waals surface area contributed by atoms with Gasteiger partial charge in [-0.15, -0.1) is 0 Å². The van der Waals surface area contributed by atoms with Crippen molar-refractivity contribution >= 4 is 6.29 Å². The average Bonchev–Trinajstić information content (AvgIpc) is 1.97. The molecule has 1 rings (SSSR count). The van der Waals surface area contributed by atoms with Gasteiger partial charge in [-0.05, 0) is 23.7 Å². The van der Waals surface area contributed by atoms with Gasteiger partial charge in [0.2, 0.25) is 0 Å². The molecule has 0 bridgehead atoms. The Hall–Kier alpha value is -0.590. The third-order valence-corrected chi connectivity index (χ3v) is 3.07. The van der Waals surface area contributed by atoms with Crippen LogP contribution in [0.1, 0.15) is 33.6 Å². The van der Waals surface area contributed by atoms with Crippen LogP contribution < -0.4 is 0 Å². The molecule has 2 atom stereocenters. The lowest BCUT2D eigenvalue weighted by atomic mass is 9.66. The highest BCUT2D eigenvalue weighted by Crippen LogP contribution is 2.41. The first-order chi connectivity index (χ1) is 5.58. The molecule has 2 unspecified atom stereocenters. The van der Waals surface area contributed by atoms with E-state index >= 15 is 0 Å². The lowest BCUT2D eigenvalue weighted by molar-refractivity contribution is -0.109. The van der Waals surface area contributed by atoms with E-state index in [1.807, 2.05) is 0 Å². The Labute approximate surface area is 74.9 Å². The van der Waals surface area contributed by atoms with Gasteiger partial charge in [0, 0.05) is 6.42 Å². The Bertz CT molecular complexity index is 191. The number of rotatable bonds is 2. The highest BCUT2D eigenvalue weighted by Gasteiger charge is 2.33. The third-order valence-electron chi connectivity index (χ3n) is 3.07. The van der Waals surface area contributed by atoms with Crippen LogP contribution in [0.5, 0.6) is 0 Å². The third kappa shape index (κ3) is 1.77. The second kappa shape index (κ2) is 3.42. The summed E-state index contributed by atoms with van der Waals surface area (Å²) in [5, 5.41) is 0. The van der Waals surface area contributed by atoms with Crippen LogP contribution in [-0.4, -0.2) is 6.29 Å². The SMILES string of the molecule is CC1C=CCC(C)(C)C1CC=O. The molecule has 68 valence electrons. The van der Waals surface area contributed by atoms with Gasteiger partial charge in [0.05, 0.1) is 0 Å². The zero-order valence-electron chi connectivity index (χ0n) is 8.21. The summed E-state index contributed by atoms with van der Waals surface area (Å²) in [5.74, 6) is 1.08. The van der Waals surface area contributed by atoms with Crippen LogP contribution in [0, 0.1) is 17.3 Å². The standard InChI is InChI=1S/C11H18O/c1-9-5-4-7-11(2,3)10(9)6-8-12/h4-5,8-10H,6-7H2,1-3H3.